The first-order chi connectivity index (χ1) is 15.1. The number of hydrogen-bond donors (Lipinski definition) is 1. The molecule has 2 N–H and O–H groups in total. The molecule has 0 bridgehead atoms. The minimum absolute atomic E-state index is 0.0792. The Morgan fingerprint density at radius 2 is 2.06 bits per heavy atom. The van der Waals surface area contributed by atoms with E-state index in [-0.39, 0.29) is 23.6 Å². The monoisotopic (exact) mass is 457 g/mol. The minimum Gasteiger partial charge on any atom is -0.460 e. The number of carbonyl (C=O) groups excluding carboxylic acids is 2. The lowest BCUT2D eigenvalue weighted by molar-refractivity contribution is -0.173. The van der Waals surface area contributed by atoms with Gasteiger partial charge in [0.25, 0.3) is 0 Å². The van der Waals surface area contributed by atoms with Crippen LogP contribution in [0.1, 0.15) is 60.3 Å². The number of benzene rings is 1. The summed E-state index contributed by atoms with van der Waals surface area (Å²) in [5.74, 6) is 1.13. The van der Waals surface area contributed by atoms with Crippen LogP contribution in [0.15, 0.2) is 41.8 Å². The second kappa shape index (κ2) is 9.62. The highest BCUT2D eigenvalue weighted by molar-refractivity contribution is 8.00. The van der Waals surface area contributed by atoms with Crippen molar-refractivity contribution in [2.24, 2.45) is 34.5 Å². The predicted molar refractivity (Wildman–Crippen MR) is 132 cm³/mol. The van der Waals surface area contributed by atoms with E-state index in [1.165, 1.54) is 11.8 Å². The number of anilines is 1. The number of hydrogen-bond acceptors (Lipinski definition) is 5. The highest BCUT2D eigenvalue weighted by Gasteiger charge is 2.62. The molecule has 2 fully saturated rings. The third-order valence-electron chi connectivity index (χ3n) is 8.48. The van der Waals surface area contributed by atoms with Gasteiger partial charge < -0.3 is 10.5 Å². The quantitative estimate of drug-likeness (QED) is 0.230. The van der Waals surface area contributed by atoms with E-state index < -0.39 is 16.9 Å². The molecule has 1 aromatic carbocycles. The Kier molecular flexibility index (Phi) is 7.48. The van der Waals surface area contributed by atoms with E-state index in [4.69, 9.17) is 10.5 Å². The summed E-state index contributed by atoms with van der Waals surface area (Å²) in [6, 6.07) is 7.55. The predicted octanol–water partition coefficient (Wildman–Crippen LogP) is 6.15. The molecule has 2 aliphatic carbocycles. The van der Waals surface area contributed by atoms with E-state index in [9.17, 15) is 9.59 Å². The van der Waals surface area contributed by atoms with Crippen LogP contribution in [0.2, 0.25) is 0 Å². The smallest absolute Gasteiger partial charge is 0.316 e. The molecular weight excluding hydrogens is 418 g/mol. The summed E-state index contributed by atoms with van der Waals surface area (Å²) in [6.07, 6.45) is 4.94. The standard InChI is InChI=1S/C27H39NO3S/c1-7-18(4)27(6)24-19(13-14-21(24)29)17(3)15-26(5,8-2)25(27)31-23(30)16-32-22-12-10-9-11-20(22)28/h8-12,17-19,24-25H,2,7,13-16,28H2,1,3-6H3. The number of fused-ring (bicyclic) bond motifs is 1. The van der Waals surface area contributed by atoms with Crippen molar-refractivity contribution in [3.8, 4) is 0 Å². The first-order valence-electron chi connectivity index (χ1n) is 11.9. The summed E-state index contributed by atoms with van der Waals surface area (Å²) < 4.78 is 6.36. The molecule has 2 aliphatic rings. The number of esters is 1. The van der Waals surface area contributed by atoms with Crippen LogP contribution in [0.3, 0.4) is 0 Å². The number of Topliss-reactive ketones (excluding diaryl/α,β-unsaturated/α-hetero) is 1. The van der Waals surface area contributed by atoms with Crippen LogP contribution in [0, 0.1) is 34.5 Å². The van der Waals surface area contributed by atoms with Crippen molar-refractivity contribution in [2.75, 3.05) is 11.5 Å². The molecule has 0 radical (unpaired) electrons. The van der Waals surface area contributed by atoms with Gasteiger partial charge in [-0.15, -0.1) is 18.3 Å². The average molecular weight is 458 g/mol. The molecule has 32 heavy (non-hydrogen) atoms. The lowest BCUT2D eigenvalue weighted by atomic mass is 9.57. The number of ether oxygens (including phenoxy) is 1. The van der Waals surface area contributed by atoms with E-state index in [2.05, 4.69) is 41.2 Å². The van der Waals surface area contributed by atoms with Gasteiger partial charge in [-0.05, 0) is 42.7 Å². The Balaban J connectivity index is 1.96. The molecule has 7 atom stereocenters. The van der Waals surface area contributed by atoms with Gasteiger partial charge >= 0.3 is 5.97 Å². The van der Waals surface area contributed by atoms with Gasteiger partial charge in [0.15, 0.2) is 0 Å². The number of nitrogens with two attached hydrogens (primary N) is 1. The zero-order chi connectivity index (χ0) is 23.7. The number of nitrogen functional groups attached to an aromatic ring is 1. The molecule has 0 saturated heterocycles. The zero-order valence-corrected chi connectivity index (χ0v) is 21.0. The molecule has 0 heterocycles. The van der Waals surface area contributed by atoms with E-state index in [1.54, 1.807) is 0 Å². The van der Waals surface area contributed by atoms with Crippen molar-refractivity contribution in [3.63, 3.8) is 0 Å². The number of rotatable bonds is 7. The summed E-state index contributed by atoms with van der Waals surface area (Å²) >= 11 is 1.40. The van der Waals surface area contributed by atoms with Crippen LogP contribution < -0.4 is 5.73 Å². The number of thioether (sulfide) groups is 1. The lowest BCUT2D eigenvalue weighted by Gasteiger charge is -2.50. The Hall–Kier alpha value is -1.75. The zero-order valence-electron chi connectivity index (χ0n) is 20.2. The van der Waals surface area contributed by atoms with Gasteiger partial charge in [-0.25, -0.2) is 0 Å². The second-order valence-electron chi connectivity index (χ2n) is 10.4. The fourth-order valence-corrected chi connectivity index (χ4v) is 7.24. The van der Waals surface area contributed by atoms with Crippen molar-refractivity contribution in [1.82, 2.24) is 0 Å². The topological polar surface area (TPSA) is 69.4 Å². The third kappa shape index (κ3) is 4.37. The first-order valence-corrected chi connectivity index (χ1v) is 12.9. The maximum Gasteiger partial charge on any atom is 0.316 e. The van der Waals surface area contributed by atoms with Crippen molar-refractivity contribution in [2.45, 2.75) is 71.3 Å². The summed E-state index contributed by atoms with van der Waals surface area (Å²) in [5, 5.41) is 0. The SMILES string of the molecule is C=CC1(C)CC(C)C2CCC(=O)C2C(C)(C(C)CC)C1OC(=O)CSc1ccccc1N. The van der Waals surface area contributed by atoms with E-state index in [0.717, 1.165) is 24.2 Å². The molecule has 2 saturated carbocycles. The maximum absolute atomic E-state index is 13.2. The molecule has 3 rings (SSSR count). The van der Waals surface area contributed by atoms with Gasteiger partial charge in [-0.2, -0.15) is 0 Å². The number of carbonyl (C=O) groups is 2. The lowest BCUT2D eigenvalue weighted by Crippen LogP contribution is -2.54. The number of ketones is 1. The third-order valence-corrected chi connectivity index (χ3v) is 9.54. The van der Waals surface area contributed by atoms with Crippen LogP contribution in [0.5, 0.6) is 0 Å². The minimum atomic E-state index is -0.438. The largest absolute Gasteiger partial charge is 0.460 e. The van der Waals surface area contributed by atoms with E-state index in [0.29, 0.717) is 29.7 Å². The fraction of sp³-hybridized carbons (Fsp3) is 0.630. The molecule has 1 aromatic rings. The van der Waals surface area contributed by atoms with Crippen LogP contribution in [0.25, 0.3) is 0 Å². The van der Waals surface area contributed by atoms with Crippen LogP contribution in [-0.2, 0) is 14.3 Å². The Labute approximate surface area is 197 Å². The molecule has 176 valence electrons. The molecule has 0 spiro atoms. The Morgan fingerprint density at radius 3 is 2.69 bits per heavy atom. The van der Waals surface area contributed by atoms with E-state index in [1.807, 2.05) is 30.3 Å². The van der Waals surface area contributed by atoms with Crippen molar-refractivity contribution < 1.29 is 14.3 Å². The Bertz CT molecular complexity index is 870. The van der Waals surface area contributed by atoms with Crippen LogP contribution in [-0.4, -0.2) is 23.6 Å². The van der Waals surface area contributed by atoms with Crippen molar-refractivity contribution in [1.29, 1.82) is 0 Å². The highest BCUT2D eigenvalue weighted by atomic mass is 32.2. The van der Waals surface area contributed by atoms with Gasteiger partial charge in [0.1, 0.15) is 11.9 Å². The van der Waals surface area contributed by atoms with Gasteiger partial charge in [-0.1, -0.05) is 59.2 Å². The second-order valence-corrected chi connectivity index (χ2v) is 11.4. The molecule has 5 heteroatoms. The Morgan fingerprint density at radius 1 is 1.38 bits per heavy atom. The highest BCUT2D eigenvalue weighted by Crippen LogP contribution is 2.60. The molecule has 7 unspecified atom stereocenters. The molecular formula is C27H39NO3S. The maximum atomic E-state index is 13.2. The van der Waals surface area contributed by atoms with E-state index >= 15 is 0 Å². The summed E-state index contributed by atoms with van der Waals surface area (Å²) in [6.45, 7) is 15.1. The van der Waals surface area contributed by atoms with Crippen LogP contribution in [0.4, 0.5) is 5.69 Å². The van der Waals surface area contributed by atoms with Gasteiger partial charge in [0.05, 0.1) is 5.75 Å². The van der Waals surface area contributed by atoms with Crippen molar-refractivity contribution in [3.05, 3.63) is 36.9 Å². The first kappa shape index (κ1) is 24.9. The van der Waals surface area contributed by atoms with Gasteiger partial charge in [0, 0.05) is 33.8 Å². The summed E-state index contributed by atoms with van der Waals surface area (Å²) in [4.78, 5) is 27.3. The summed E-state index contributed by atoms with van der Waals surface area (Å²) in [5.41, 5.74) is 5.87. The van der Waals surface area contributed by atoms with Gasteiger partial charge in [0.2, 0.25) is 0 Å². The molecule has 0 aliphatic heterocycles. The molecule has 4 nitrogen and oxygen atoms in total. The fourth-order valence-electron chi connectivity index (χ4n) is 6.49. The average Bonchev–Trinajstić information content (AvgIpc) is 3.14. The van der Waals surface area contributed by atoms with Gasteiger partial charge in [-0.3, -0.25) is 9.59 Å². The van der Waals surface area contributed by atoms with Crippen LogP contribution >= 0.6 is 11.8 Å². The number of para-hydroxylation sites is 1. The molecule has 0 aromatic heterocycles. The normalized spacial score (nSPS) is 35.6. The summed E-state index contributed by atoms with van der Waals surface area (Å²) in [7, 11) is 0. The molecule has 0 amide bonds. The van der Waals surface area contributed by atoms with Crippen molar-refractivity contribution >= 4 is 29.2 Å².